The first kappa shape index (κ1) is 28.0. The summed E-state index contributed by atoms with van der Waals surface area (Å²) in [4.78, 5) is 49.2. The number of fused-ring (bicyclic) bond motifs is 1. The molecule has 0 amide bonds. The van der Waals surface area contributed by atoms with Crippen molar-refractivity contribution in [1.82, 2.24) is 19.5 Å². The summed E-state index contributed by atoms with van der Waals surface area (Å²) in [5, 5.41) is 11.0. The highest BCUT2D eigenvalue weighted by Crippen LogP contribution is 2.46. The first-order chi connectivity index (χ1) is 16.3. The molecule has 19 heteroatoms. The van der Waals surface area contributed by atoms with Crippen LogP contribution in [0.25, 0.3) is 11.2 Å². The van der Waals surface area contributed by atoms with Crippen LogP contribution in [-0.4, -0.2) is 75.7 Å². The van der Waals surface area contributed by atoms with Crippen LogP contribution in [0.3, 0.4) is 0 Å². The van der Waals surface area contributed by atoms with Gasteiger partial charge >= 0.3 is 15.6 Å². The van der Waals surface area contributed by atoms with Crippen molar-refractivity contribution in [3.63, 3.8) is 0 Å². The van der Waals surface area contributed by atoms with Crippen LogP contribution >= 0.6 is 15.6 Å². The number of unbranched alkanes of at least 4 members (excludes halogenated alkanes) is 3. The van der Waals surface area contributed by atoms with Gasteiger partial charge in [-0.15, -0.1) is 0 Å². The summed E-state index contributed by atoms with van der Waals surface area (Å²) in [6.45, 7) is -0.362. The third-order valence-electron chi connectivity index (χ3n) is 5.35. The predicted octanol–water partition coefficient (Wildman–Crippen LogP) is -1.61. The van der Waals surface area contributed by atoms with Crippen molar-refractivity contribution >= 4 is 32.6 Å². The Morgan fingerprint density at radius 1 is 1.11 bits per heavy atom. The maximum Gasteiger partial charge on any atom is 0.470 e. The molecule has 198 valence electrons. The summed E-state index contributed by atoms with van der Waals surface area (Å²) in [5.74, 6) is -2.00. The molecule has 0 radical (unpaired) electrons. The van der Waals surface area contributed by atoms with Crippen LogP contribution in [-0.2, 0) is 35.2 Å². The van der Waals surface area contributed by atoms with Crippen LogP contribution in [0.1, 0.15) is 31.5 Å². The average Bonchev–Trinajstić information content (AvgIpc) is 3.23. The minimum Gasteiger partial charge on any atom is -0.384 e. The number of rotatable bonds is 12. The molecule has 3 rings (SSSR count). The van der Waals surface area contributed by atoms with E-state index in [-0.39, 0.29) is 22.8 Å². The molecule has 0 aliphatic carbocycles. The van der Waals surface area contributed by atoms with Crippen LogP contribution < -0.4 is 17.2 Å². The van der Waals surface area contributed by atoms with E-state index < -0.39 is 46.4 Å². The average molecular weight is 541 g/mol. The number of hydrogen-bond acceptors (Lipinski definition) is 12. The molecule has 1 aliphatic rings. The Morgan fingerprint density at radius 2 is 1.80 bits per heavy atom. The van der Waals surface area contributed by atoms with Gasteiger partial charge in [0.2, 0.25) is 5.85 Å². The number of ether oxygens (including phenoxy) is 1. The van der Waals surface area contributed by atoms with Gasteiger partial charge in [-0.05, 0) is 19.4 Å². The van der Waals surface area contributed by atoms with Gasteiger partial charge in [0.1, 0.15) is 30.5 Å². The van der Waals surface area contributed by atoms with E-state index in [0.717, 1.165) is 25.6 Å². The van der Waals surface area contributed by atoms with E-state index in [1.807, 2.05) is 0 Å². The van der Waals surface area contributed by atoms with Crippen molar-refractivity contribution in [1.29, 1.82) is 0 Å². The number of imidazole rings is 1. The van der Waals surface area contributed by atoms with Gasteiger partial charge in [0.05, 0.1) is 6.61 Å². The molecule has 0 saturated carbocycles. The molecular weight excluding hydrogens is 512 g/mol. The molecule has 4 atom stereocenters. The summed E-state index contributed by atoms with van der Waals surface area (Å²) < 4.78 is 38.7. The molecule has 1 saturated heterocycles. The van der Waals surface area contributed by atoms with Gasteiger partial charge < -0.3 is 40.9 Å². The summed E-state index contributed by atoms with van der Waals surface area (Å²) in [5.41, 5.74) is 18.1. The minimum atomic E-state index is -5.21. The van der Waals surface area contributed by atoms with E-state index in [4.69, 9.17) is 31.7 Å². The minimum absolute atomic E-state index is 0.0126. The molecule has 1 aliphatic heterocycles. The zero-order valence-corrected chi connectivity index (χ0v) is 20.2. The first-order valence-corrected chi connectivity index (χ1v) is 13.6. The van der Waals surface area contributed by atoms with Crippen LogP contribution in [0, 0.1) is 0 Å². The molecule has 0 bridgehead atoms. The number of aryl methyl sites for hydroxylation is 1. The SMILES string of the molecule is NCCCCCCc1nc2c(N)ncnc2n1[C@]1(N)O[C@H](COP(=O)(O)O)[C@@H](OP(=O)(O)O)[C@H]1O. The summed E-state index contributed by atoms with van der Waals surface area (Å²) in [6.07, 6.45) is -0.838. The lowest BCUT2D eigenvalue weighted by Gasteiger charge is -2.31. The van der Waals surface area contributed by atoms with Gasteiger partial charge in [0, 0.05) is 6.42 Å². The first-order valence-electron chi connectivity index (χ1n) is 10.5. The lowest BCUT2D eigenvalue weighted by atomic mass is 10.1. The maximum atomic E-state index is 11.5. The fraction of sp³-hybridized carbons (Fsp3) is 0.688. The Hall–Kier alpha value is -1.59. The lowest BCUT2D eigenvalue weighted by molar-refractivity contribution is -0.142. The molecular formula is C16H29N7O10P2. The maximum absolute atomic E-state index is 11.5. The van der Waals surface area contributed by atoms with Gasteiger partial charge in [-0.25, -0.2) is 24.1 Å². The lowest BCUT2D eigenvalue weighted by Crippen LogP contribution is -2.54. The van der Waals surface area contributed by atoms with Gasteiger partial charge in [0.25, 0.3) is 0 Å². The fourth-order valence-electron chi connectivity index (χ4n) is 3.86. The number of phosphoric ester groups is 2. The highest BCUT2D eigenvalue weighted by atomic mass is 31.2. The number of hydrogen-bond donors (Lipinski definition) is 8. The Labute approximate surface area is 199 Å². The van der Waals surface area contributed by atoms with E-state index in [1.54, 1.807) is 0 Å². The van der Waals surface area contributed by atoms with Crippen LogP contribution in [0.4, 0.5) is 5.82 Å². The van der Waals surface area contributed by atoms with Crippen molar-refractivity contribution in [3.8, 4) is 0 Å². The molecule has 2 aromatic heterocycles. The standard InChI is InChI=1S/C16H29N7O10P2/c17-6-4-2-1-3-5-10-22-11-14(18)20-8-21-15(11)23(10)16(19)13(24)12(33-35(28,29)30)9(32-16)7-31-34(25,26)27/h8-9,12-13,24H,1-7,17,19H2,(H2,18,20,21)(H2,25,26,27)(H2,28,29,30)/t9-,12-,13-,16+/m1/s1. The molecule has 11 N–H and O–H groups in total. The van der Waals surface area contributed by atoms with E-state index in [9.17, 15) is 24.0 Å². The third kappa shape index (κ3) is 6.60. The summed E-state index contributed by atoms with van der Waals surface area (Å²) in [7, 11) is -10.2. The number of nitrogen functional groups attached to an aromatic ring is 1. The van der Waals surface area contributed by atoms with E-state index in [2.05, 4.69) is 24.0 Å². The molecule has 2 aromatic rings. The van der Waals surface area contributed by atoms with Crippen LogP contribution in [0.2, 0.25) is 0 Å². The van der Waals surface area contributed by atoms with Crippen LogP contribution in [0.5, 0.6) is 0 Å². The van der Waals surface area contributed by atoms with Crippen molar-refractivity contribution in [3.05, 3.63) is 12.2 Å². The number of aliphatic hydroxyl groups is 1. The van der Waals surface area contributed by atoms with E-state index >= 15 is 0 Å². The Kier molecular flexibility index (Phi) is 8.64. The molecule has 0 unspecified atom stereocenters. The molecule has 17 nitrogen and oxygen atoms in total. The second-order valence-corrected chi connectivity index (χ2v) is 10.4. The van der Waals surface area contributed by atoms with Crippen molar-refractivity contribution in [2.75, 3.05) is 18.9 Å². The van der Waals surface area contributed by atoms with Crippen molar-refractivity contribution in [2.45, 2.75) is 56.3 Å². The smallest absolute Gasteiger partial charge is 0.384 e. The van der Waals surface area contributed by atoms with Crippen molar-refractivity contribution < 1.29 is 47.6 Å². The number of aromatic nitrogens is 4. The molecule has 1 fully saturated rings. The summed E-state index contributed by atoms with van der Waals surface area (Å²) in [6, 6.07) is 0. The van der Waals surface area contributed by atoms with Gasteiger partial charge in [-0.1, -0.05) is 12.8 Å². The van der Waals surface area contributed by atoms with E-state index in [0.29, 0.717) is 19.4 Å². The second-order valence-electron chi connectivity index (χ2n) is 7.95. The Morgan fingerprint density at radius 3 is 2.43 bits per heavy atom. The topological polar surface area (TPSA) is 285 Å². The zero-order valence-electron chi connectivity index (χ0n) is 18.5. The fourth-order valence-corrected chi connectivity index (χ4v) is 4.77. The zero-order chi connectivity index (χ0) is 26.0. The number of phosphoric acid groups is 2. The van der Waals surface area contributed by atoms with Gasteiger partial charge in [-0.3, -0.25) is 19.3 Å². The van der Waals surface area contributed by atoms with Gasteiger partial charge in [-0.2, -0.15) is 0 Å². The van der Waals surface area contributed by atoms with E-state index in [1.165, 1.54) is 4.57 Å². The third-order valence-corrected chi connectivity index (χ3v) is 6.36. The Bertz CT molecular complexity index is 1120. The molecule has 0 aromatic carbocycles. The molecule has 0 spiro atoms. The highest BCUT2D eigenvalue weighted by molar-refractivity contribution is 7.46. The molecule has 35 heavy (non-hydrogen) atoms. The second kappa shape index (κ2) is 10.8. The molecule has 3 heterocycles. The van der Waals surface area contributed by atoms with Gasteiger partial charge in [0.15, 0.2) is 17.0 Å². The number of nitrogens with two attached hydrogens (primary N) is 3. The largest absolute Gasteiger partial charge is 0.470 e. The van der Waals surface area contributed by atoms with Crippen molar-refractivity contribution in [2.24, 2.45) is 11.5 Å². The number of aliphatic hydroxyl groups excluding tert-OH is 1. The quantitative estimate of drug-likeness (QED) is 0.111. The summed E-state index contributed by atoms with van der Waals surface area (Å²) >= 11 is 0. The number of nitrogens with zero attached hydrogens (tertiary/aromatic N) is 4. The highest BCUT2D eigenvalue weighted by Gasteiger charge is 2.58. The normalized spacial score (nSPS) is 25.5. The Balaban J connectivity index is 2.03. The predicted molar refractivity (Wildman–Crippen MR) is 119 cm³/mol. The number of anilines is 1. The van der Waals surface area contributed by atoms with Crippen LogP contribution in [0.15, 0.2) is 6.33 Å². The monoisotopic (exact) mass is 541 g/mol.